The molecule has 0 saturated carbocycles. The highest BCUT2D eigenvalue weighted by Crippen LogP contribution is 2.36. The lowest BCUT2D eigenvalue weighted by Crippen LogP contribution is -2.20. The van der Waals surface area contributed by atoms with E-state index in [0.29, 0.717) is 11.0 Å². The largest absolute Gasteiger partial charge is 0.496 e. The molecular weight excluding hydrogens is 264 g/mol. The molecule has 1 aromatic carbocycles. The van der Waals surface area contributed by atoms with Crippen LogP contribution in [0.15, 0.2) is 18.2 Å². The van der Waals surface area contributed by atoms with Crippen molar-refractivity contribution in [1.82, 2.24) is 14.8 Å². The number of nitrogens with zero attached hydrogens (tertiary/aromatic N) is 3. The maximum absolute atomic E-state index is 6.10. The van der Waals surface area contributed by atoms with E-state index in [-0.39, 0.29) is 6.04 Å². The zero-order valence-electron chi connectivity index (χ0n) is 10.6. The van der Waals surface area contributed by atoms with Crippen molar-refractivity contribution < 1.29 is 4.74 Å². The summed E-state index contributed by atoms with van der Waals surface area (Å²) in [6.45, 7) is 0. The predicted octanol–water partition coefficient (Wildman–Crippen LogP) is 2.45. The number of anilines is 1. The third-order valence-electron chi connectivity index (χ3n) is 3.44. The highest BCUT2D eigenvalue weighted by molar-refractivity contribution is 6.30. The SMILES string of the molecule is COc1ccc(Cl)cc1C1CCCc2nc(N)nn21. The van der Waals surface area contributed by atoms with E-state index in [1.165, 1.54) is 0 Å². The van der Waals surface area contributed by atoms with Gasteiger partial charge in [-0.15, -0.1) is 5.10 Å². The third-order valence-corrected chi connectivity index (χ3v) is 3.68. The van der Waals surface area contributed by atoms with Gasteiger partial charge in [0.25, 0.3) is 0 Å². The summed E-state index contributed by atoms with van der Waals surface area (Å²) in [4.78, 5) is 4.26. The number of fused-ring (bicyclic) bond motifs is 1. The van der Waals surface area contributed by atoms with Crippen LogP contribution < -0.4 is 10.5 Å². The monoisotopic (exact) mass is 278 g/mol. The second kappa shape index (κ2) is 4.74. The molecule has 1 atom stereocenters. The van der Waals surface area contributed by atoms with E-state index in [0.717, 1.165) is 36.4 Å². The average Bonchev–Trinajstić information content (AvgIpc) is 2.78. The van der Waals surface area contributed by atoms with E-state index in [2.05, 4.69) is 10.1 Å². The zero-order valence-corrected chi connectivity index (χ0v) is 11.4. The van der Waals surface area contributed by atoms with Crippen LogP contribution in [0.1, 0.15) is 30.3 Å². The van der Waals surface area contributed by atoms with Gasteiger partial charge in [-0.05, 0) is 31.0 Å². The first-order chi connectivity index (χ1) is 9.19. The fraction of sp³-hybridized carbons (Fsp3) is 0.385. The number of aromatic nitrogens is 3. The molecule has 0 amide bonds. The van der Waals surface area contributed by atoms with E-state index < -0.39 is 0 Å². The van der Waals surface area contributed by atoms with Gasteiger partial charge in [0.1, 0.15) is 11.6 Å². The highest BCUT2D eigenvalue weighted by Gasteiger charge is 2.26. The number of nitrogen functional groups attached to an aromatic ring is 1. The molecule has 5 nitrogen and oxygen atoms in total. The number of halogens is 1. The van der Waals surface area contributed by atoms with Crippen LogP contribution in [0.2, 0.25) is 5.02 Å². The Morgan fingerprint density at radius 1 is 1.47 bits per heavy atom. The Labute approximate surface area is 116 Å². The van der Waals surface area contributed by atoms with Crippen molar-refractivity contribution in [3.63, 3.8) is 0 Å². The van der Waals surface area contributed by atoms with E-state index in [4.69, 9.17) is 22.1 Å². The van der Waals surface area contributed by atoms with Gasteiger partial charge < -0.3 is 10.5 Å². The smallest absolute Gasteiger partial charge is 0.239 e. The lowest BCUT2D eigenvalue weighted by atomic mass is 9.97. The predicted molar refractivity (Wildman–Crippen MR) is 73.5 cm³/mol. The van der Waals surface area contributed by atoms with Crippen LogP contribution >= 0.6 is 11.6 Å². The molecule has 1 aromatic heterocycles. The summed E-state index contributed by atoms with van der Waals surface area (Å²) in [7, 11) is 1.66. The molecule has 1 aliphatic rings. The summed E-state index contributed by atoms with van der Waals surface area (Å²) in [6.07, 6.45) is 2.94. The third kappa shape index (κ3) is 2.14. The summed E-state index contributed by atoms with van der Waals surface area (Å²) in [5.41, 5.74) is 6.73. The Morgan fingerprint density at radius 2 is 2.32 bits per heavy atom. The molecule has 0 spiro atoms. The zero-order chi connectivity index (χ0) is 13.4. The van der Waals surface area contributed by atoms with Crippen LogP contribution in [0.25, 0.3) is 0 Å². The number of hydrogen-bond donors (Lipinski definition) is 1. The molecule has 0 radical (unpaired) electrons. The molecular formula is C13H15ClN4O. The molecule has 2 aromatic rings. The molecule has 0 saturated heterocycles. The first-order valence-corrected chi connectivity index (χ1v) is 6.61. The van der Waals surface area contributed by atoms with Gasteiger partial charge in [0.15, 0.2) is 0 Å². The molecule has 1 unspecified atom stereocenters. The van der Waals surface area contributed by atoms with Crippen molar-refractivity contribution in [3.05, 3.63) is 34.6 Å². The first kappa shape index (κ1) is 12.3. The van der Waals surface area contributed by atoms with E-state index >= 15 is 0 Å². The Balaban J connectivity index is 2.10. The van der Waals surface area contributed by atoms with Crippen LogP contribution in [0.5, 0.6) is 5.75 Å². The molecule has 0 aliphatic carbocycles. The Morgan fingerprint density at radius 3 is 3.11 bits per heavy atom. The number of hydrogen-bond acceptors (Lipinski definition) is 4. The topological polar surface area (TPSA) is 66.0 Å². The van der Waals surface area contributed by atoms with Gasteiger partial charge in [0.05, 0.1) is 13.2 Å². The van der Waals surface area contributed by atoms with Gasteiger partial charge in [0.2, 0.25) is 5.95 Å². The molecule has 2 heterocycles. The summed E-state index contributed by atoms with van der Waals surface area (Å²) in [5, 5.41) is 4.99. The minimum Gasteiger partial charge on any atom is -0.496 e. The van der Waals surface area contributed by atoms with E-state index in [1.807, 2.05) is 22.9 Å². The molecule has 0 bridgehead atoms. The van der Waals surface area contributed by atoms with Crippen molar-refractivity contribution in [2.45, 2.75) is 25.3 Å². The van der Waals surface area contributed by atoms with Gasteiger partial charge >= 0.3 is 0 Å². The second-order valence-corrected chi connectivity index (χ2v) is 5.06. The molecule has 19 heavy (non-hydrogen) atoms. The Hall–Kier alpha value is -1.75. The average molecular weight is 279 g/mol. The minimum absolute atomic E-state index is 0.0854. The van der Waals surface area contributed by atoms with Crippen molar-refractivity contribution in [2.75, 3.05) is 12.8 Å². The summed E-state index contributed by atoms with van der Waals surface area (Å²) in [5.74, 6) is 2.06. The van der Waals surface area contributed by atoms with Crippen LogP contribution in [-0.4, -0.2) is 21.9 Å². The number of ether oxygens (including phenoxy) is 1. The van der Waals surface area contributed by atoms with Crippen LogP contribution in [0, 0.1) is 0 Å². The summed E-state index contributed by atoms with van der Waals surface area (Å²) < 4.78 is 7.32. The minimum atomic E-state index is 0.0854. The fourth-order valence-electron chi connectivity index (χ4n) is 2.62. The van der Waals surface area contributed by atoms with Gasteiger partial charge in [0, 0.05) is 17.0 Å². The highest BCUT2D eigenvalue weighted by atomic mass is 35.5. The standard InChI is InChI=1S/C13H15ClN4O/c1-19-11-6-5-8(14)7-9(11)10-3-2-4-12-16-13(15)17-18(10)12/h5-7,10H,2-4H2,1H3,(H2,15,17). The van der Waals surface area contributed by atoms with Crippen molar-refractivity contribution >= 4 is 17.5 Å². The molecule has 2 N–H and O–H groups in total. The van der Waals surface area contributed by atoms with Crippen LogP contribution in [0.3, 0.4) is 0 Å². The number of rotatable bonds is 2. The molecule has 6 heteroatoms. The van der Waals surface area contributed by atoms with Gasteiger partial charge in [-0.25, -0.2) is 4.68 Å². The Kier molecular flexibility index (Phi) is 3.06. The fourth-order valence-corrected chi connectivity index (χ4v) is 2.80. The van der Waals surface area contributed by atoms with Crippen LogP contribution in [0.4, 0.5) is 5.95 Å². The van der Waals surface area contributed by atoms with Crippen molar-refractivity contribution in [2.24, 2.45) is 0 Å². The molecule has 3 rings (SSSR count). The van der Waals surface area contributed by atoms with Gasteiger partial charge in [-0.1, -0.05) is 11.6 Å². The van der Waals surface area contributed by atoms with E-state index in [1.54, 1.807) is 7.11 Å². The van der Waals surface area contributed by atoms with E-state index in [9.17, 15) is 0 Å². The van der Waals surface area contributed by atoms with Crippen molar-refractivity contribution in [1.29, 1.82) is 0 Å². The number of methoxy groups -OCH3 is 1. The lowest BCUT2D eigenvalue weighted by Gasteiger charge is -2.25. The quantitative estimate of drug-likeness (QED) is 0.916. The summed E-state index contributed by atoms with van der Waals surface area (Å²) in [6, 6.07) is 5.72. The number of nitrogens with two attached hydrogens (primary N) is 1. The number of benzene rings is 1. The first-order valence-electron chi connectivity index (χ1n) is 6.23. The van der Waals surface area contributed by atoms with Crippen molar-refractivity contribution in [3.8, 4) is 5.75 Å². The molecule has 1 aliphatic heterocycles. The maximum atomic E-state index is 6.10. The summed E-state index contributed by atoms with van der Waals surface area (Å²) >= 11 is 6.10. The molecule has 0 fully saturated rings. The Bertz CT molecular complexity index is 611. The maximum Gasteiger partial charge on any atom is 0.239 e. The normalized spacial score (nSPS) is 18.1. The number of aryl methyl sites for hydroxylation is 1. The van der Waals surface area contributed by atoms with Crippen LogP contribution in [-0.2, 0) is 6.42 Å². The van der Waals surface area contributed by atoms with Gasteiger partial charge in [-0.3, -0.25) is 0 Å². The van der Waals surface area contributed by atoms with Gasteiger partial charge in [-0.2, -0.15) is 4.98 Å². The molecule has 100 valence electrons. The lowest BCUT2D eigenvalue weighted by molar-refractivity contribution is 0.373. The second-order valence-electron chi connectivity index (χ2n) is 4.63.